The van der Waals surface area contributed by atoms with Crippen molar-refractivity contribution in [3.8, 4) is 17.3 Å². The maximum atomic E-state index is 12.6. The fourth-order valence-corrected chi connectivity index (χ4v) is 3.56. The number of benzene rings is 1. The van der Waals surface area contributed by atoms with Crippen LogP contribution in [0.5, 0.6) is 5.75 Å². The number of aromatic nitrogens is 4. The van der Waals surface area contributed by atoms with E-state index in [0.717, 1.165) is 43.1 Å². The zero-order valence-corrected chi connectivity index (χ0v) is 16.8. The summed E-state index contributed by atoms with van der Waals surface area (Å²) in [6.45, 7) is 6.56. The minimum atomic E-state index is -0.0762. The maximum absolute atomic E-state index is 12.6. The van der Waals surface area contributed by atoms with E-state index in [-0.39, 0.29) is 11.7 Å². The largest absolute Gasteiger partial charge is 0.491 e. The summed E-state index contributed by atoms with van der Waals surface area (Å²) in [6.07, 6.45) is 6.40. The van der Waals surface area contributed by atoms with Crippen molar-refractivity contribution in [2.24, 2.45) is 0 Å². The molecule has 1 aliphatic heterocycles. The number of ether oxygens (including phenoxy) is 1. The summed E-state index contributed by atoms with van der Waals surface area (Å²) in [5, 5.41) is 0. The lowest BCUT2D eigenvalue weighted by atomic mass is 10.1. The number of fused-ring (bicyclic) bond motifs is 1. The van der Waals surface area contributed by atoms with Gasteiger partial charge in [0, 0.05) is 44.0 Å². The second-order valence-corrected chi connectivity index (χ2v) is 7.52. The Bertz CT molecular complexity index is 1020. The molecule has 4 rings (SSSR count). The van der Waals surface area contributed by atoms with Gasteiger partial charge >= 0.3 is 0 Å². The number of rotatable bonds is 5. The van der Waals surface area contributed by atoms with Crippen LogP contribution in [0.15, 0.2) is 47.7 Å². The van der Waals surface area contributed by atoms with Gasteiger partial charge in [-0.3, -0.25) is 14.7 Å². The fraction of sp³-hybridized carbons (Fsp3) is 0.364. The average molecular weight is 391 g/mol. The third-order valence-corrected chi connectivity index (χ3v) is 4.95. The third kappa shape index (κ3) is 4.68. The highest BCUT2D eigenvalue weighted by molar-refractivity contribution is 5.47. The summed E-state index contributed by atoms with van der Waals surface area (Å²) in [5.41, 5.74) is 3.37. The van der Waals surface area contributed by atoms with E-state index in [9.17, 15) is 4.79 Å². The van der Waals surface area contributed by atoms with Gasteiger partial charge in [-0.05, 0) is 38.0 Å². The molecule has 1 aromatic carbocycles. The van der Waals surface area contributed by atoms with E-state index in [1.54, 1.807) is 18.6 Å². The lowest BCUT2D eigenvalue weighted by Gasteiger charge is -2.20. The minimum Gasteiger partial charge on any atom is -0.491 e. The summed E-state index contributed by atoms with van der Waals surface area (Å²) in [5.74, 6) is 1.37. The molecule has 7 heteroatoms. The van der Waals surface area contributed by atoms with Crippen LogP contribution in [0.4, 0.5) is 0 Å². The number of aromatic amines is 1. The van der Waals surface area contributed by atoms with E-state index in [1.165, 1.54) is 5.56 Å². The first-order valence-electron chi connectivity index (χ1n) is 9.95. The number of hydrogen-bond acceptors (Lipinski definition) is 6. The van der Waals surface area contributed by atoms with Crippen molar-refractivity contribution in [3.05, 3.63) is 70.0 Å². The molecule has 7 nitrogen and oxygen atoms in total. The molecule has 0 bridgehead atoms. The van der Waals surface area contributed by atoms with E-state index < -0.39 is 0 Å². The summed E-state index contributed by atoms with van der Waals surface area (Å²) in [7, 11) is 0. The van der Waals surface area contributed by atoms with E-state index in [2.05, 4.69) is 37.0 Å². The predicted octanol–water partition coefficient (Wildman–Crippen LogP) is 2.61. The van der Waals surface area contributed by atoms with E-state index >= 15 is 0 Å². The normalized spacial score (nSPS) is 14.4. The topological polar surface area (TPSA) is 84.0 Å². The summed E-state index contributed by atoms with van der Waals surface area (Å²) >= 11 is 0. The van der Waals surface area contributed by atoms with Crippen LogP contribution in [0.3, 0.4) is 0 Å². The van der Waals surface area contributed by atoms with Crippen LogP contribution >= 0.6 is 0 Å². The Kier molecular flexibility index (Phi) is 5.67. The van der Waals surface area contributed by atoms with E-state index in [1.807, 2.05) is 26.0 Å². The van der Waals surface area contributed by atoms with Crippen molar-refractivity contribution in [1.29, 1.82) is 0 Å². The molecule has 0 saturated carbocycles. The second-order valence-electron chi connectivity index (χ2n) is 7.52. The lowest BCUT2D eigenvalue weighted by Crippen LogP contribution is -2.26. The Morgan fingerprint density at radius 2 is 1.93 bits per heavy atom. The fourth-order valence-electron chi connectivity index (χ4n) is 3.56. The van der Waals surface area contributed by atoms with Gasteiger partial charge in [0.15, 0.2) is 5.82 Å². The molecule has 0 aliphatic carbocycles. The van der Waals surface area contributed by atoms with Crippen molar-refractivity contribution in [3.63, 3.8) is 0 Å². The highest BCUT2D eigenvalue weighted by atomic mass is 16.5. The minimum absolute atomic E-state index is 0.0762. The standard InChI is InChI=1S/C22H25N5O2/c1-15(2)29-17-5-3-16(4-6-17)14-27-11-7-18-19(8-12-27)25-21(26-22(18)28)20-13-23-9-10-24-20/h3-6,9-10,13,15H,7-8,11-12,14H2,1-2H3,(H,25,26,28). The van der Waals surface area contributed by atoms with Gasteiger partial charge in [-0.1, -0.05) is 12.1 Å². The van der Waals surface area contributed by atoms with Gasteiger partial charge in [-0.2, -0.15) is 0 Å². The average Bonchev–Trinajstić information content (AvgIpc) is 2.92. The zero-order valence-electron chi connectivity index (χ0n) is 16.8. The molecule has 0 fully saturated rings. The number of nitrogens with zero attached hydrogens (tertiary/aromatic N) is 4. The molecule has 0 amide bonds. The molecule has 0 spiro atoms. The Morgan fingerprint density at radius 1 is 1.14 bits per heavy atom. The van der Waals surface area contributed by atoms with Gasteiger partial charge in [0.25, 0.3) is 5.56 Å². The quantitative estimate of drug-likeness (QED) is 0.720. The van der Waals surface area contributed by atoms with Crippen LogP contribution < -0.4 is 10.3 Å². The zero-order chi connectivity index (χ0) is 20.2. The molecule has 1 N–H and O–H groups in total. The monoisotopic (exact) mass is 391 g/mol. The van der Waals surface area contributed by atoms with E-state index in [0.29, 0.717) is 17.9 Å². The molecule has 0 radical (unpaired) electrons. The Morgan fingerprint density at radius 3 is 2.66 bits per heavy atom. The Hall–Kier alpha value is -3.06. The predicted molar refractivity (Wildman–Crippen MR) is 111 cm³/mol. The summed E-state index contributed by atoms with van der Waals surface area (Å²) < 4.78 is 5.71. The molecule has 1 aliphatic rings. The van der Waals surface area contributed by atoms with Crippen LogP contribution in [-0.2, 0) is 19.4 Å². The highest BCUT2D eigenvalue weighted by Crippen LogP contribution is 2.18. The van der Waals surface area contributed by atoms with Gasteiger partial charge in [-0.15, -0.1) is 0 Å². The van der Waals surface area contributed by atoms with Crippen molar-refractivity contribution in [1.82, 2.24) is 24.8 Å². The molecular weight excluding hydrogens is 366 g/mol. The van der Waals surface area contributed by atoms with Gasteiger partial charge < -0.3 is 9.72 Å². The van der Waals surface area contributed by atoms with Crippen LogP contribution in [-0.4, -0.2) is 44.0 Å². The molecule has 150 valence electrons. The summed E-state index contributed by atoms with van der Waals surface area (Å²) in [6, 6.07) is 8.24. The number of nitrogens with one attached hydrogen (secondary N) is 1. The second kappa shape index (κ2) is 8.53. The first kappa shape index (κ1) is 19.3. The van der Waals surface area contributed by atoms with Gasteiger partial charge in [0.05, 0.1) is 18.0 Å². The first-order valence-corrected chi connectivity index (χ1v) is 9.95. The molecule has 3 heterocycles. The number of H-pyrrole nitrogens is 1. The smallest absolute Gasteiger partial charge is 0.254 e. The molecule has 3 aromatic rings. The molecule has 0 saturated heterocycles. The van der Waals surface area contributed by atoms with Crippen molar-refractivity contribution in [2.45, 2.75) is 39.3 Å². The van der Waals surface area contributed by atoms with Crippen LogP contribution in [0, 0.1) is 0 Å². The van der Waals surface area contributed by atoms with Crippen molar-refractivity contribution in [2.75, 3.05) is 13.1 Å². The SMILES string of the molecule is CC(C)Oc1ccc(CN2CCc3nc(-c4cnccn4)[nH]c(=O)c3CC2)cc1. The molecule has 29 heavy (non-hydrogen) atoms. The Labute approximate surface area is 169 Å². The van der Waals surface area contributed by atoms with Crippen LogP contribution in [0.2, 0.25) is 0 Å². The van der Waals surface area contributed by atoms with Gasteiger partial charge in [0.1, 0.15) is 11.4 Å². The number of hydrogen-bond donors (Lipinski definition) is 1. The Balaban J connectivity index is 1.47. The molecular formula is C22H25N5O2. The third-order valence-electron chi connectivity index (χ3n) is 4.95. The molecule has 2 aromatic heterocycles. The van der Waals surface area contributed by atoms with Crippen LogP contribution in [0.25, 0.3) is 11.5 Å². The highest BCUT2D eigenvalue weighted by Gasteiger charge is 2.19. The lowest BCUT2D eigenvalue weighted by molar-refractivity contribution is 0.242. The first-order chi connectivity index (χ1) is 14.1. The van der Waals surface area contributed by atoms with E-state index in [4.69, 9.17) is 4.74 Å². The van der Waals surface area contributed by atoms with Gasteiger partial charge in [0.2, 0.25) is 0 Å². The van der Waals surface area contributed by atoms with Crippen molar-refractivity contribution < 1.29 is 4.74 Å². The van der Waals surface area contributed by atoms with Gasteiger partial charge in [-0.25, -0.2) is 9.97 Å². The molecule has 0 unspecified atom stereocenters. The summed E-state index contributed by atoms with van der Waals surface area (Å²) in [4.78, 5) is 30.8. The van der Waals surface area contributed by atoms with Crippen molar-refractivity contribution >= 4 is 0 Å². The maximum Gasteiger partial charge on any atom is 0.254 e. The van der Waals surface area contributed by atoms with Crippen LogP contribution in [0.1, 0.15) is 30.7 Å². The molecule has 0 atom stereocenters.